The molecule has 0 unspecified atom stereocenters. The van der Waals surface area contributed by atoms with Gasteiger partial charge in [0, 0.05) is 30.7 Å². The minimum Gasteiger partial charge on any atom is -0.478 e. The van der Waals surface area contributed by atoms with Crippen LogP contribution in [-0.2, 0) is 24.3 Å². The van der Waals surface area contributed by atoms with Gasteiger partial charge in [-0.15, -0.1) is 0 Å². The van der Waals surface area contributed by atoms with Gasteiger partial charge in [-0.25, -0.2) is 27.9 Å². The van der Waals surface area contributed by atoms with Gasteiger partial charge in [-0.1, -0.05) is 12.1 Å². The first kappa shape index (κ1) is 30.3. The number of carboxylic acids is 1. The van der Waals surface area contributed by atoms with Crippen LogP contribution in [0.5, 0.6) is 5.88 Å². The molecule has 5 rings (SSSR count). The van der Waals surface area contributed by atoms with Crippen LogP contribution in [0.1, 0.15) is 46.7 Å². The fourth-order valence-corrected chi connectivity index (χ4v) is 4.68. The Balaban J connectivity index is 1.43. The Morgan fingerprint density at radius 2 is 1.75 bits per heavy atom. The van der Waals surface area contributed by atoms with Crippen molar-refractivity contribution in [2.45, 2.75) is 39.0 Å². The molecule has 8 nitrogen and oxygen atoms in total. The fourth-order valence-electron chi connectivity index (χ4n) is 4.68. The third-order valence-corrected chi connectivity index (χ3v) is 7.21. The zero-order chi connectivity index (χ0) is 31.6. The molecule has 0 aliphatic rings. The van der Waals surface area contributed by atoms with E-state index in [1.807, 2.05) is 19.9 Å². The summed E-state index contributed by atoms with van der Waals surface area (Å²) in [4.78, 5) is 20.5. The van der Waals surface area contributed by atoms with Gasteiger partial charge < -0.3 is 19.1 Å². The van der Waals surface area contributed by atoms with Crippen molar-refractivity contribution in [1.82, 2.24) is 14.5 Å². The number of pyridine rings is 1. The summed E-state index contributed by atoms with van der Waals surface area (Å²) in [5, 5.41) is 18.4. The van der Waals surface area contributed by atoms with Gasteiger partial charge in [-0.05, 0) is 67.9 Å². The van der Waals surface area contributed by atoms with E-state index in [-0.39, 0.29) is 59.0 Å². The molecule has 0 saturated carbocycles. The van der Waals surface area contributed by atoms with Crippen LogP contribution in [0.15, 0.2) is 66.7 Å². The van der Waals surface area contributed by atoms with E-state index >= 15 is 8.78 Å². The molecule has 5 aromatic rings. The number of hydrogen-bond donors (Lipinski definition) is 1. The van der Waals surface area contributed by atoms with Crippen LogP contribution in [0.3, 0.4) is 0 Å². The van der Waals surface area contributed by atoms with Crippen molar-refractivity contribution in [1.29, 1.82) is 5.26 Å². The lowest BCUT2D eigenvalue weighted by atomic mass is 10.0. The second-order valence-corrected chi connectivity index (χ2v) is 10.8. The lowest BCUT2D eigenvalue weighted by Crippen LogP contribution is -2.30. The van der Waals surface area contributed by atoms with Crippen LogP contribution < -0.4 is 4.74 Å². The number of nitrogens with zero attached hydrogens (tertiary/aromatic N) is 4. The number of nitriles is 1. The van der Waals surface area contributed by atoms with Gasteiger partial charge in [-0.2, -0.15) is 5.26 Å². The van der Waals surface area contributed by atoms with Crippen LogP contribution in [0, 0.1) is 28.8 Å². The number of fused-ring (bicyclic) bond motifs is 1. The number of imidazole rings is 1. The highest BCUT2D eigenvalue weighted by Gasteiger charge is 2.24. The molecule has 0 aliphatic heterocycles. The number of halogens is 3. The Kier molecular flexibility index (Phi) is 8.38. The molecule has 0 radical (unpaired) electrons. The molecule has 1 N–H and O–H groups in total. The fraction of sp³-hybridized carbons (Fsp3) is 0.212. The SMILES string of the molecule is COC(C)(C)Cn1c(Cc2cc(F)c(-c3cccc(OCc4ccc(C#N)cc4F)n3)cc2F)nc2ccc(C(=O)O)cc21. The van der Waals surface area contributed by atoms with Crippen LogP contribution in [-0.4, -0.2) is 38.3 Å². The summed E-state index contributed by atoms with van der Waals surface area (Å²) in [7, 11) is 1.55. The highest BCUT2D eigenvalue weighted by molar-refractivity contribution is 5.92. The quantitative estimate of drug-likeness (QED) is 0.190. The summed E-state index contributed by atoms with van der Waals surface area (Å²) in [6.45, 7) is 3.80. The molecule has 2 heterocycles. The maximum Gasteiger partial charge on any atom is 0.335 e. The maximum atomic E-state index is 15.5. The number of carboxylic acid groups (broad SMARTS) is 1. The Morgan fingerprint density at radius 3 is 2.45 bits per heavy atom. The van der Waals surface area contributed by atoms with Crippen molar-refractivity contribution in [2.75, 3.05) is 7.11 Å². The van der Waals surface area contributed by atoms with Crippen molar-refractivity contribution in [3.05, 3.63) is 112 Å². The van der Waals surface area contributed by atoms with Gasteiger partial charge in [0.1, 0.15) is 29.9 Å². The summed E-state index contributed by atoms with van der Waals surface area (Å²) < 4.78 is 58.1. The molecule has 44 heavy (non-hydrogen) atoms. The number of aromatic nitrogens is 3. The van der Waals surface area contributed by atoms with Crippen molar-refractivity contribution < 1.29 is 32.5 Å². The molecule has 0 atom stereocenters. The third kappa shape index (κ3) is 6.40. The molecule has 0 bridgehead atoms. The van der Waals surface area contributed by atoms with Crippen molar-refractivity contribution in [3.63, 3.8) is 0 Å². The van der Waals surface area contributed by atoms with Crippen LogP contribution in [0.4, 0.5) is 13.2 Å². The molecule has 3 aromatic carbocycles. The molecule has 0 spiro atoms. The summed E-state index contributed by atoms with van der Waals surface area (Å²) in [6, 6.07) is 17.1. The molecular formula is C33H27F3N4O4. The molecule has 11 heteroatoms. The van der Waals surface area contributed by atoms with E-state index in [1.54, 1.807) is 23.8 Å². The lowest BCUT2D eigenvalue weighted by molar-refractivity contribution is 0.00848. The third-order valence-electron chi connectivity index (χ3n) is 7.21. The normalized spacial score (nSPS) is 11.5. The molecule has 0 fully saturated rings. The van der Waals surface area contributed by atoms with Crippen molar-refractivity contribution in [2.24, 2.45) is 0 Å². The number of benzene rings is 3. The van der Waals surface area contributed by atoms with Gasteiger partial charge in [0.2, 0.25) is 5.88 Å². The second kappa shape index (κ2) is 12.2. The zero-order valence-electron chi connectivity index (χ0n) is 24.1. The highest BCUT2D eigenvalue weighted by atomic mass is 19.1. The Bertz CT molecular complexity index is 1930. The number of rotatable bonds is 10. The van der Waals surface area contributed by atoms with Crippen molar-refractivity contribution >= 4 is 17.0 Å². The van der Waals surface area contributed by atoms with E-state index in [0.29, 0.717) is 16.9 Å². The smallest absolute Gasteiger partial charge is 0.335 e. The average Bonchev–Trinajstić information content (AvgIpc) is 3.33. The van der Waals surface area contributed by atoms with Crippen LogP contribution >= 0.6 is 0 Å². The number of aromatic carboxylic acids is 1. The van der Waals surface area contributed by atoms with Gasteiger partial charge in [0.05, 0.1) is 46.1 Å². The Labute approximate surface area is 250 Å². The van der Waals surface area contributed by atoms with E-state index in [4.69, 9.17) is 14.7 Å². The molecule has 0 amide bonds. The van der Waals surface area contributed by atoms with E-state index in [0.717, 1.165) is 18.2 Å². The maximum absolute atomic E-state index is 15.5. The van der Waals surface area contributed by atoms with Gasteiger partial charge in [0.25, 0.3) is 0 Å². The van der Waals surface area contributed by atoms with E-state index in [1.165, 1.54) is 36.4 Å². The summed E-state index contributed by atoms with van der Waals surface area (Å²) >= 11 is 0. The Morgan fingerprint density at radius 1 is 0.977 bits per heavy atom. The van der Waals surface area contributed by atoms with E-state index < -0.39 is 29.0 Å². The second-order valence-electron chi connectivity index (χ2n) is 10.8. The molecule has 2 aromatic heterocycles. The number of ether oxygens (including phenoxy) is 2. The largest absolute Gasteiger partial charge is 0.478 e. The summed E-state index contributed by atoms with van der Waals surface area (Å²) in [6.07, 6.45) is -0.0767. The molecule has 224 valence electrons. The van der Waals surface area contributed by atoms with E-state index in [2.05, 4.69) is 9.97 Å². The van der Waals surface area contributed by atoms with E-state index in [9.17, 15) is 14.3 Å². The Hall–Kier alpha value is -5.21. The van der Waals surface area contributed by atoms with Gasteiger partial charge >= 0.3 is 5.97 Å². The molecule has 0 aliphatic carbocycles. The molecular weight excluding hydrogens is 573 g/mol. The van der Waals surface area contributed by atoms with Crippen LogP contribution in [0.2, 0.25) is 0 Å². The predicted octanol–water partition coefficient (Wildman–Crippen LogP) is 6.68. The number of methoxy groups -OCH3 is 1. The minimum absolute atomic E-state index is 0.0418. The number of hydrogen-bond acceptors (Lipinski definition) is 6. The van der Waals surface area contributed by atoms with Crippen molar-refractivity contribution in [3.8, 4) is 23.2 Å². The average molecular weight is 601 g/mol. The topological polar surface area (TPSA) is 110 Å². The highest BCUT2D eigenvalue weighted by Crippen LogP contribution is 2.29. The van der Waals surface area contributed by atoms with Gasteiger partial charge in [-0.3, -0.25) is 0 Å². The standard InChI is InChI=1S/C33H27F3N4O4/c1-33(2,43-3)18-40-29-13-20(32(41)42)9-10-28(29)38-30(40)14-22-12-26(36)23(15-25(22)35)27-5-4-6-31(39-27)44-17-21-8-7-19(16-37)11-24(21)34/h4-13,15H,14,17-18H2,1-3H3,(H,41,42). The lowest BCUT2D eigenvalue weighted by Gasteiger charge is -2.25. The zero-order valence-corrected chi connectivity index (χ0v) is 24.1. The number of carbonyl (C=O) groups is 1. The minimum atomic E-state index is -1.10. The predicted molar refractivity (Wildman–Crippen MR) is 156 cm³/mol. The summed E-state index contributed by atoms with van der Waals surface area (Å²) in [5.41, 5.74) is 0.888. The van der Waals surface area contributed by atoms with Gasteiger partial charge in [0.15, 0.2) is 0 Å². The first-order valence-corrected chi connectivity index (χ1v) is 13.5. The first-order valence-electron chi connectivity index (χ1n) is 13.5. The summed E-state index contributed by atoms with van der Waals surface area (Å²) in [5.74, 6) is -2.64. The molecule has 0 saturated heterocycles. The monoisotopic (exact) mass is 600 g/mol. The van der Waals surface area contributed by atoms with Crippen LogP contribution in [0.25, 0.3) is 22.3 Å². The first-order chi connectivity index (χ1) is 21.0.